The van der Waals surface area contributed by atoms with Gasteiger partial charge in [0.1, 0.15) is 11.2 Å². The fourth-order valence-corrected chi connectivity index (χ4v) is 2.19. The minimum absolute atomic E-state index is 0.0509. The molecule has 16 heavy (non-hydrogen) atoms. The molecule has 1 aliphatic rings. The Morgan fingerprint density at radius 3 is 2.38 bits per heavy atom. The van der Waals surface area contributed by atoms with E-state index in [0.29, 0.717) is 39.0 Å². The number of hydrogen-bond donors (Lipinski definition) is 1. The number of carbonyl (C=O) groups excluding carboxylic acids is 2. The Balaban J connectivity index is 2.82. The fourth-order valence-electron chi connectivity index (χ4n) is 2.19. The molecule has 92 valence electrons. The summed E-state index contributed by atoms with van der Waals surface area (Å²) in [7, 11) is 0. The molecule has 1 fully saturated rings. The van der Waals surface area contributed by atoms with Gasteiger partial charge in [0, 0.05) is 6.42 Å². The second-order valence-corrected chi connectivity index (χ2v) is 4.23. The van der Waals surface area contributed by atoms with Gasteiger partial charge >= 0.3 is 5.97 Å². The molecule has 1 saturated heterocycles. The van der Waals surface area contributed by atoms with Crippen molar-refractivity contribution < 1.29 is 14.3 Å². The van der Waals surface area contributed by atoms with E-state index in [9.17, 15) is 9.59 Å². The summed E-state index contributed by atoms with van der Waals surface area (Å²) < 4.78 is 5.06. The average molecular weight is 227 g/mol. The largest absolute Gasteiger partial charge is 0.465 e. The first kappa shape index (κ1) is 13.2. The number of ether oxygens (including phenoxy) is 1. The van der Waals surface area contributed by atoms with Crippen LogP contribution in [0, 0.1) is 5.41 Å². The van der Waals surface area contributed by atoms with E-state index in [2.05, 4.69) is 5.32 Å². The van der Waals surface area contributed by atoms with Crippen molar-refractivity contribution in [2.45, 2.75) is 39.5 Å². The van der Waals surface area contributed by atoms with Crippen LogP contribution < -0.4 is 5.32 Å². The smallest absolute Gasteiger partial charge is 0.319 e. The lowest BCUT2D eigenvalue weighted by atomic mass is 9.74. The third-order valence-electron chi connectivity index (χ3n) is 3.13. The highest BCUT2D eigenvalue weighted by Crippen LogP contribution is 2.33. The van der Waals surface area contributed by atoms with Crippen molar-refractivity contribution in [2.24, 2.45) is 5.41 Å². The molecule has 0 aromatic carbocycles. The van der Waals surface area contributed by atoms with E-state index in [1.165, 1.54) is 0 Å². The van der Waals surface area contributed by atoms with Crippen molar-refractivity contribution in [3.8, 4) is 0 Å². The zero-order valence-electron chi connectivity index (χ0n) is 10.2. The molecule has 0 aliphatic carbocycles. The normalized spacial score (nSPS) is 19.1. The van der Waals surface area contributed by atoms with E-state index in [-0.39, 0.29) is 11.8 Å². The summed E-state index contributed by atoms with van der Waals surface area (Å²) in [4.78, 5) is 24.1. The van der Waals surface area contributed by atoms with Crippen LogP contribution in [0.1, 0.15) is 39.5 Å². The first-order valence-electron chi connectivity index (χ1n) is 6.08. The SMILES string of the molecule is CCCC(=O)C1(C(=O)OCC)CCNCC1. The summed E-state index contributed by atoms with van der Waals surface area (Å²) in [6, 6.07) is 0. The molecule has 0 bridgehead atoms. The highest BCUT2D eigenvalue weighted by molar-refractivity contribution is 6.03. The number of piperidine rings is 1. The highest BCUT2D eigenvalue weighted by Gasteiger charge is 2.46. The van der Waals surface area contributed by atoms with E-state index in [0.717, 1.165) is 6.42 Å². The van der Waals surface area contributed by atoms with Gasteiger partial charge in [-0.3, -0.25) is 9.59 Å². The number of ketones is 1. The van der Waals surface area contributed by atoms with E-state index in [4.69, 9.17) is 4.74 Å². The number of carbonyl (C=O) groups is 2. The lowest BCUT2D eigenvalue weighted by Gasteiger charge is -2.33. The van der Waals surface area contributed by atoms with Crippen LogP contribution in [0.3, 0.4) is 0 Å². The van der Waals surface area contributed by atoms with Crippen LogP contribution in [0.15, 0.2) is 0 Å². The maximum atomic E-state index is 12.1. The molecule has 1 heterocycles. The summed E-state index contributed by atoms with van der Waals surface area (Å²) in [5.74, 6) is -0.273. The molecule has 1 N–H and O–H groups in total. The molecule has 4 heteroatoms. The number of nitrogens with one attached hydrogen (secondary N) is 1. The summed E-state index contributed by atoms with van der Waals surface area (Å²) in [6.07, 6.45) is 2.40. The van der Waals surface area contributed by atoms with Gasteiger partial charge < -0.3 is 10.1 Å². The van der Waals surface area contributed by atoms with Gasteiger partial charge in [-0.25, -0.2) is 0 Å². The molecule has 0 unspecified atom stereocenters. The van der Waals surface area contributed by atoms with E-state index >= 15 is 0 Å². The van der Waals surface area contributed by atoms with Gasteiger partial charge in [-0.1, -0.05) is 6.92 Å². The van der Waals surface area contributed by atoms with Crippen LogP contribution in [-0.2, 0) is 14.3 Å². The molecule has 0 aromatic heterocycles. The molecule has 0 saturated carbocycles. The molecule has 0 radical (unpaired) electrons. The number of Topliss-reactive ketones (excluding diaryl/α,β-unsaturated/α-hetero) is 1. The van der Waals surface area contributed by atoms with Gasteiger partial charge in [0.15, 0.2) is 0 Å². The van der Waals surface area contributed by atoms with Gasteiger partial charge in [0.2, 0.25) is 0 Å². The Bertz CT molecular complexity index is 237. The molecule has 0 spiro atoms. The fraction of sp³-hybridized carbons (Fsp3) is 0.833. The third kappa shape index (κ3) is 2.61. The minimum Gasteiger partial charge on any atom is -0.465 e. The molecule has 1 rings (SSSR count). The van der Waals surface area contributed by atoms with Crippen LogP contribution in [-0.4, -0.2) is 31.4 Å². The third-order valence-corrected chi connectivity index (χ3v) is 3.13. The summed E-state index contributed by atoms with van der Waals surface area (Å²) in [5.41, 5.74) is -0.864. The standard InChI is InChI=1S/C12H21NO3/c1-3-5-10(14)12(11(15)16-4-2)6-8-13-9-7-12/h13H,3-9H2,1-2H3. The Labute approximate surface area is 96.7 Å². The second kappa shape index (κ2) is 5.99. The van der Waals surface area contributed by atoms with Gasteiger partial charge in [0.25, 0.3) is 0 Å². The molecule has 0 aromatic rings. The zero-order chi connectivity index (χ0) is 12.0. The van der Waals surface area contributed by atoms with Crippen LogP contribution in [0.2, 0.25) is 0 Å². The summed E-state index contributed by atoms with van der Waals surface area (Å²) in [6.45, 7) is 5.50. The maximum absolute atomic E-state index is 12.1. The Hall–Kier alpha value is -0.900. The van der Waals surface area contributed by atoms with Gasteiger partial charge in [-0.2, -0.15) is 0 Å². The first-order valence-corrected chi connectivity index (χ1v) is 6.08. The topological polar surface area (TPSA) is 55.4 Å². The van der Waals surface area contributed by atoms with Crippen molar-refractivity contribution in [3.63, 3.8) is 0 Å². The van der Waals surface area contributed by atoms with Crippen molar-refractivity contribution >= 4 is 11.8 Å². The lowest BCUT2D eigenvalue weighted by molar-refractivity contribution is -0.162. The van der Waals surface area contributed by atoms with E-state index < -0.39 is 5.41 Å². The van der Waals surface area contributed by atoms with Crippen molar-refractivity contribution in [3.05, 3.63) is 0 Å². The molecule has 0 amide bonds. The number of hydrogen-bond acceptors (Lipinski definition) is 4. The maximum Gasteiger partial charge on any atom is 0.319 e. The first-order chi connectivity index (χ1) is 7.67. The van der Waals surface area contributed by atoms with E-state index in [1.54, 1.807) is 6.92 Å². The van der Waals surface area contributed by atoms with Crippen LogP contribution in [0.4, 0.5) is 0 Å². The molecule has 1 aliphatic heterocycles. The van der Waals surface area contributed by atoms with E-state index in [1.807, 2.05) is 6.92 Å². The highest BCUT2D eigenvalue weighted by atomic mass is 16.5. The summed E-state index contributed by atoms with van der Waals surface area (Å²) in [5, 5.41) is 3.17. The van der Waals surface area contributed by atoms with Gasteiger partial charge in [-0.05, 0) is 39.3 Å². The Kier molecular flexibility index (Phi) is 4.93. The predicted octanol–water partition coefficient (Wildman–Crippen LogP) is 1.29. The van der Waals surface area contributed by atoms with Crippen molar-refractivity contribution in [1.29, 1.82) is 0 Å². The van der Waals surface area contributed by atoms with Crippen LogP contribution in [0.25, 0.3) is 0 Å². The van der Waals surface area contributed by atoms with Crippen molar-refractivity contribution in [2.75, 3.05) is 19.7 Å². The minimum atomic E-state index is -0.864. The van der Waals surface area contributed by atoms with Gasteiger partial charge in [0.05, 0.1) is 6.61 Å². The second-order valence-electron chi connectivity index (χ2n) is 4.23. The number of rotatable bonds is 5. The molecule has 4 nitrogen and oxygen atoms in total. The molecular weight excluding hydrogens is 206 g/mol. The number of esters is 1. The molecular formula is C12H21NO3. The molecule has 0 atom stereocenters. The van der Waals surface area contributed by atoms with Crippen LogP contribution in [0.5, 0.6) is 0 Å². The Morgan fingerprint density at radius 1 is 1.25 bits per heavy atom. The van der Waals surface area contributed by atoms with Crippen LogP contribution >= 0.6 is 0 Å². The average Bonchev–Trinajstić information content (AvgIpc) is 2.30. The van der Waals surface area contributed by atoms with Crippen molar-refractivity contribution in [1.82, 2.24) is 5.32 Å². The summed E-state index contributed by atoms with van der Waals surface area (Å²) >= 11 is 0. The monoisotopic (exact) mass is 227 g/mol. The Morgan fingerprint density at radius 2 is 1.88 bits per heavy atom. The zero-order valence-corrected chi connectivity index (χ0v) is 10.2. The van der Waals surface area contributed by atoms with Gasteiger partial charge in [-0.15, -0.1) is 0 Å². The predicted molar refractivity (Wildman–Crippen MR) is 61.1 cm³/mol. The lowest BCUT2D eigenvalue weighted by Crippen LogP contribution is -2.48. The quantitative estimate of drug-likeness (QED) is 0.568.